The Hall–Kier alpha value is -0.730. The van der Waals surface area contributed by atoms with E-state index in [1.165, 1.54) is 6.92 Å². The summed E-state index contributed by atoms with van der Waals surface area (Å²) >= 11 is 11.9. The maximum absolute atomic E-state index is 10.6. The van der Waals surface area contributed by atoms with Gasteiger partial charge in [0.1, 0.15) is 0 Å². The van der Waals surface area contributed by atoms with Gasteiger partial charge in [0.25, 0.3) is 0 Å². The molecule has 1 N–H and O–H groups in total. The molecule has 0 spiro atoms. The third-order valence-corrected chi connectivity index (χ3v) is 2.52. The van der Waals surface area contributed by atoms with Gasteiger partial charge < -0.3 is 5.32 Å². The van der Waals surface area contributed by atoms with Crippen molar-refractivity contribution in [2.45, 2.75) is 13.3 Å². The van der Waals surface area contributed by atoms with Crippen molar-refractivity contribution in [3.8, 4) is 0 Å². The minimum absolute atomic E-state index is 0.0480. The lowest BCUT2D eigenvalue weighted by Gasteiger charge is -2.06. The first-order chi connectivity index (χ1) is 6.61. The Morgan fingerprint density at radius 1 is 1.36 bits per heavy atom. The SMILES string of the molecule is CC(=O)NCCc1c(Cl)cccc1Cl. The van der Waals surface area contributed by atoms with Crippen LogP contribution in [0.3, 0.4) is 0 Å². The zero-order chi connectivity index (χ0) is 10.6. The number of carbonyl (C=O) groups excluding carboxylic acids is 1. The lowest BCUT2D eigenvalue weighted by atomic mass is 10.1. The molecule has 0 atom stereocenters. The van der Waals surface area contributed by atoms with Gasteiger partial charge in [-0.3, -0.25) is 4.79 Å². The van der Waals surface area contributed by atoms with Crippen molar-refractivity contribution in [2.24, 2.45) is 0 Å². The summed E-state index contributed by atoms with van der Waals surface area (Å²) < 4.78 is 0. The van der Waals surface area contributed by atoms with Crippen molar-refractivity contribution >= 4 is 29.1 Å². The van der Waals surface area contributed by atoms with Gasteiger partial charge in [-0.05, 0) is 24.1 Å². The van der Waals surface area contributed by atoms with E-state index in [4.69, 9.17) is 23.2 Å². The van der Waals surface area contributed by atoms with Crippen LogP contribution >= 0.6 is 23.2 Å². The third kappa shape index (κ3) is 3.20. The Bertz CT molecular complexity index is 319. The van der Waals surface area contributed by atoms with E-state index in [1.54, 1.807) is 18.2 Å². The van der Waals surface area contributed by atoms with E-state index in [0.717, 1.165) is 5.56 Å². The molecular formula is C10H11Cl2NO. The molecule has 2 nitrogen and oxygen atoms in total. The van der Waals surface area contributed by atoms with Crippen molar-refractivity contribution in [2.75, 3.05) is 6.54 Å². The van der Waals surface area contributed by atoms with Crippen LogP contribution in [0.5, 0.6) is 0 Å². The summed E-state index contributed by atoms with van der Waals surface area (Å²) in [6.45, 7) is 2.03. The van der Waals surface area contributed by atoms with Crippen LogP contribution < -0.4 is 5.32 Å². The number of carbonyl (C=O) groups is 1. The number of nitrogens with one attached hydrogen (secondary N) is 1. The van der Waals surface area contributed by atoms with E-state index in [-0.39, 0.29) is 5.91 Å². The maximum Gasteiger partial charge on any atom is 0.216 e. The van der Waals surface area contributed by atoms with Crippen molar-refractivity contribution in [3.05, 3.63) is 33.8 Å². The second kappa shape index (κ2) is 5.23. The first-order valence-corrected chi connectivity index (χ1v) is 5.04. The fraction of sp³-hybridized carbons (Fsp3) is 0.300. The highest BCUT2D eigenvalue weighted by Gasteiger charge is 2.04. The molecule has 0 aliphatic rings. The standard InChI is InChI=1S/C10H11Cl2NO/c1-7(14)13-6-5-8-9(11)3-2-4-10(8)12/h2-4H,5-6H2,1H3,(H,13,14). The summed E-state index contributed by atoms with van der Waals surface area (Å²) in [6, 6.07) is 5.37. The molecule has 1 aromatic carbocycles. The lowest BCUT2D eigenvalue weighted by molar-refractivity contribution is -0.118. The predicted octanol–water partition coefficient (Wildman–Crippen LogP) is 2.67. The molecule has 1 amide bonds. The van der Waals surface area contributed by atoms with Crippen LogP contribution in [0.4, 0.5) is 0 Å². The number of amides is 1. The van der Waals surface area contributed by atoms with Gasteiger partial charge in [-0.15, -0.1) is 0 Å². The molecule has 4 heteroatoms. The minimum Gasteiger partial charge on any atom is -0.356 e. The molecule has 0 unspecified atom stereocenters. The topological polar surface area (TPSA) is 29.1 Å². The largest absolute Gasteiger partial charge is 0.356 e. The first kappa shape index (κ1) is 11.3. The van der Waals surface area contributed by atoms with Crippen molar-refractivity contribution in [3.63, 3.8) is 0 Å². The molecular weight excluding hydrogens is 221 g/mol. The van der Waals surface area contributed by atoms with E-state index < -0.39 is 0 Å². The van der Waals surface area contributed by atoms with E-state index >= 15 is 0 Å². The smallest absolute Gasteiger partial charge is 0.216 e. The number of hydrogen-bond acceptors (Lipinski definition) is 1. The molecule has 0 saturated heterocycles. The predicted molar refractivity (Wildman–Crippen MR) is 58.8 cm³/mol. The number of halogens is 2. The van der Waals surface area contributed by atoms with Crippen LogP contribution in [-0.4, -0.2) is 12.5 Å². The second-order valence-electron chi connectivity index (χ2n) is 2.93. The first-order valence-electron chi connectivity index (χ1n) is 4.28. The zero-order valence-corrected chi connectivity index (χ0v) is 9.32. The van der Waals surface area contributed by atoms with Gasteiger partial charge in [0, 0.05) is 23.5 Å². The van der Waals surface area contributed by atoms with Gasteiger partial charge in [0.05, 0.1) is 0 Å². The van der Waals surface area contributed by atoms with Crippen molar-refractivity contribution in [1.82, 2.24) is 5.32 Å². The maximum atomic E-state index is 10.6. The second-order valence-corrected chi connectivity index (χ2v) is 3.75. The highest BCUT2D eigenvalue weighted by Crippen LogP contribution is 2.24. The normalized spacial score (nSPS) is 9.93. The molecule has 76 valence electrons. The average molecular weight is 232 g/mol. The van der Waals surface area contributed by atoms with Gasteiger partial charge >= 0.3 is 0 Å². The molecule has 0 aliphatic heterocycles. The van der Waals surface area contributed by atoms with Crippen LogP contribution in [0.15, 0.2) is 18.2 Å². The van der Waals surface area contributed by atoms with E-state index in [2.05, 4.69) is 5.32 Å². The van der Waals surface area contributed by atoms with E-state index in [0.29, 0.717) is 23.0 Å². The summed E-state index contributed by atoms with van der Waals surface area (Å²) in [5.74, 6) is -0.0480. The highest BCUT2D eigenvalue weighted by atomic mass is 35.5. The summed E-state index contributed by atoms with van der Waals surface area (Å²) in [4.78, 5) is 10.6. The molecule has 0 fully saturated rings. The lowest BCUT2D eigenvalue weighted by Crippen LogP contribution is -2.22. The Morgan fingerprint density at radius 3 is 2.43 bits per heavy atom. The molecule has 0 radical (unpaired) electrons. The zero-order valence-electron chi connectivity index (χ0n) is 7.81. The minimum atomic E-state index is -0.0480. The molecule has 0 aromatic heterocycles. The number of rotatable bonds is 3. The average Bonchev–Trinajstić information content (AvgIpc) is 2.09. The van der Waals surface area contributed by atoms with Crippen LogP contribution in [0, 0.1) is 0 Å². The van der Waals surface area contributed by atoms with Crippen molar-refractivity contribution < 1.29 is 4.79 Å². The van der Waals surface area contributed by atoms with E-state index in [1.807, 2.05) is 0 Å². The molecule has 1 rings (SSSR count). The molecule has 0 heterocycles. The summed E-state index contributed by atoms with van der Waals surface area (Å²) in [7, 11) is 0. The fourth-order valence-corrected chi connectivity index (χ4v) is 1.72. The van der Waals surface area contributed by atoms with Gasteiger partial charge in [0.2, 0.25) is 5.91 Å². The summed E-state index contributed by atoms with van der Waals surface area (Å²) in [6.07, 6.45) is 0.651. The summed E-state index contributed by atoms with van der Waals surface area (Å²) in [5, 5.41) is 3.98. The monoisotopic (exact) mass is 231 g/mol. The quantitative estimate of drug-likeness (QED) is 0.852. The van der Waals surface area contributed by atoms with Gasteiger partial charge in [-0.1, -0.05) is 29.3 Å². The fourth-order valence-electron chi connectivity index (χ4n) is 1.13. The molecule has 14 heavy (non-hydrogen) atoms. The van der Waals surface area contributed by atoms with Crippen molar-refractivity contribution in [1.29, 1.82) is 0 Å². The summed E-state index contributed by atoms with van der Waals surface area (Å²) in [5.41, 5.74) is 0.879. The molecule has 0 bridgehead atoms. The number of hydrogen-bond donors (Lipinski definition) is 1. The molecule has 0 saturated carbocycles. The number of benzene rings is 1. The van der Waals surface area contributed by atoms with Crippen LogP contribution in [-0.2, 0) is 11.2 Å². The van der Waals surface area contributed by atoms with Crippen LogP contribution in [0.25, 0.3) is 0 Å². The van der Waals surface area contributed by atoms with Crippen LogP contribution in [0.1, 0.15) is 12.5 Å². The third-order valence-electron chi connectivity index (χ3n) is 1.81. The van der Waals surface area contributed by atoms with Gasteiger partial charge in [-0.2, -0.15) is 0 Å². The van der Waals surface area contributed by atoms with Gasteiger partial charge in [0.15, 0.2) is 0 Å². The highest BCUT2D eigenvalue weighted by molar-refractivity contribution is 6.35. The Morgan fingerprint density at radius 2 is 1.93 bits per heavy atom. The Labute approximate surface area is 93.2 Å². The Balaban J connectivity index is 2.62. The molecule has 1 aromatic rings. The van der Waals surface area contributed by atoms with Gasteiger partial charge in [-0.25, -0.2) is 0 Å². The van der Waals surface area contributed by atoms with E-state index in [9.17, 15) is 4.79 Å². The molecule has 0 aliphatic carbocycles. The Kier molecular flexibility index (Phi) is 4.23. The van der Waals surface area contributed by atoms with Crippen LogP contribution in [0.2, 0.25) is 10.0 Å².